The second kappa shape index (κ2) is 10.3. The van der Waals surface area contributed by atoms with Crippen LogP contribution in [0, 0.1) is 0 Å². The van der Waals surface area contributed by atoms with E-state index in [0.29, 0.717) is 0 Å². The maximum atomic E-state index is 4.57. The number of hydrogen-bond donors (Lipinski definition) is 0. The summed E-state index contributed by atoms with van der Waals surface area (Å²) in [5, 5.41) is 7.48. The van der Waals surface area contributed by atoms with E-state index in [9.17, 15) is 0 Å². The Labute approximate surface area is 277 Å². The van der Waals surface area contributed by atoms with Gasteiger partial charge in [-0.25, -0.2) is 0 Å². The Balaban J connectivity index is 1.29. The fraction of sp³-hybridized carbons (Fsp3) is 0.0227. The molecule has 1 aliphatic heterocycles. The second-order valence-electron chi connectivity index (χ2n) is 12.5. The van der Waals surface area contributed by atoms with Crippen molar-refractivity contribution in [3.05, 3.63) is 170 Å². The Bertz CT molecular complexity index is 2720. The van der Waals surface area contributed by atoms with Gasteiger partial charge in [-0.05, 0) is 70.9 Å². The first-order chi connectivity index (χ1) is 23.7. The van der Waals surface area contributed by atoms with Gasteiger partial charge in [-0.15, -0.1) is 0 Å². The molecule has 4 heteroatoms. The smallest absolute Gasteiger partial charge is 0.0645 e. The van der Waals surface area contributed by atoms with E-state index in [1.54, 1.807) is 0 Å². The average molecular weight is 615 g/mol. The number of benzene rings is 6. The molecule has 0 atom stereocenters. The SMILES string of the molecule is C=C1/C=C\C=C/CN(c2cc3ccc4cc(-n5c6ccccc6c6ccccc65)cc5c4c3c(c2)n5-c2cccnc2)c2ccccc21. The van der Waals surface area contributed by atoms with Gasteiger partial charge in [0.15, 0.2) is 0 Å². The van der Waals surface area contributed by atoms with Crippen molar-refractivity contribution in [1.82, 2.24) is 14.1 Å². The summed E-state index contributed by atoms with van der Waals surface area (Å²) in [6, 6.07) is 44.2. The molecule has 0 spiro atoms. The number of hydrogen-bond acceptors (Lipinski definition) is 2. The lowest BCUT2D eigenvalue weighted by molar-refractivity contribution is 1.09. The van der Waals surface area contributed by atoms with Crippen molar-refractivity contribution in [2.24, 2.45) is 0 Å². The summed E-state index contributed by atoms with van der Waals surface area (Å²) in [7, 11) is 0. The minimum absolute atomic E-state index is 0.736. The highest BCUT2D eigenvalue weighted by atomic mass is 15.1. The van der Waals surface area contributed by atoms with E-state index in [4.69, 9.17) is 0 Å². The molecule has 4 nitrogen and oxygen atoms in total. The van der Waals surface area contributed by atoms with E-state index in [0.717, 1.165) is 51.5 Å². The Hall–Kier alpha value is -6.39. The molecule has 3 aromatic heterocycles. The maximum absolute atomic E-state index is 4.57. The summed E-state index contributed by atoms with van der Waals surface area (Å²) in [6.45, 7) is 5.13. The lowest BCUT2D eigenvalue weighted by Crippen LogP contribution is -2.18. The number of pyridine rings is 1. The zero-order chi connectivity index (χ0) is 31.8. The summed E-state index contributed by atoms with van der Waals surface area (Å²) in [6.07, 6.45) is 12.3. The molecule has 0 amide bonds. The van der Waals surface area contributed by atoms with Crippen LogP contribution in [0.5, 0.6) is 0 Å². The normalized spacial score (nSPS) is 14.9. The highest BCUT2D eigenvalue weighted by molar-refractivity contribution is 6.25. The average Bonchev–Trinajstić information content (AvgIpc) is 3.67. The number of rotatable bonds is 3. The summed E-state index contributed by atoms with van der Waals surface area (Å²) < 4.78 is 4.81. The quantitative estimate of drug-likeness (QED) is 0.185. The van der Waals surface area contributed by atoms with Crippen LogP contribution in [-0.4, -0.2) is 20.7 Å². The second-order valence-corrected chi connectivity index (χ2v) is 12.5. The number of nitrogens with zero attached hydrogens (tertiary/aromatic N) is 4. The molecule has 0 fully saturated rings. The van der Waals surface area contributed by atoms with Crippen LogP contribution in [-0.2, 0) is 0 Å². The zero-order valence-electron chi connectivity index (χ0n) is 26.2. The molecular weight excluding hydrogens is 585 g/mol. The molecule has 48 heavy (non-hydrogen) atoms. The number of fused-ring (bicyclic) bond motifs is 4. The van der Waals surface area contributed by atoms with Gasteiger partial charge in [-0.1, -0.05) is 97.6 Å². The van der Waals surface area contributed by atoms with Gasteiger partial charge in [0.2, 0.25) is 0 Å². The first-order valence-electron chi connectivity index (χ1n) is 16.4. The van der Waals surface area contributed by atoms with Gasteiger partial charge in [0.25, 0.3) is 0 Å². The fourth-order valence-corrected chi connectivity index (χ4v) is 7.82. The van der Waals surface area contributed by atoms with Gasteiger partial charge in [0.05, 0.1) is 34.0 Å². The molecule has 6 aromatic carbocycles. The Morgan fingerprint density at radius 3 is 1.94 bits per heavy atom. The molecule has 1 aliphatic rings. The van der Waals surface area contributed by atoms with Gasteiger partial charge in [-0.3, -0.25) is 4.98 Å². The minimum atomic E-state index is 0.736. The van der Waals surface area contributed by atoms with Crippen molar-refractivity contribution in [3.63, 3.8) is 0 Å². The van der Waals surface area contributed by atoms with Crippen molar-refractivity contribution in [2.45, 2.75) is 0 Å². The van der Waals surface area contributed by atoms with Gasteiger partial charge in [-0.2, -0.15) is 0 Å². The van der Waals surface area contributed by atoms with E-state index < -0.39 is 0 Å². The van der Waals surface area contributed by atoms with E-state index >= 15 is 0 Å². The van der Waals surface area contributed by atoms with Crippen molar-refractivity contribution < 1.29 is 0 Å². The molecule has 9 aromatic rings. The van der Waals surface area contributed by atoms with Crippen LogP contribution in [0.25, 0.3) is 71.3 Å². The first-order valence-corrected chi connectivity index (χ1v) is 16.4. The van der Waals surface area contributed by atoms with Gasteiger partial charge >= 0.3 is 0 Å². The van der Waals surface area contributed by atoms with Crippen molar-refractivity contribution in [3.8, 4) is 11.4 Å². The van der Waals surface area contributed by atoms with Gasteiger partial charge in [0, 0.05) is 56.9 Å². The van der Waals surface area contributed by atoms with Gasteiger partial charge < -0.3 is 14.0 Å². The molecule has 0 N–H and O–H groups in total. The van der Waals surface area contributed by atoms with E-state index in [1.807, 2.05) is 18.5 Å². The van der Waals surface area contributed by atoms with Crippen molar-refractivity contribution in [1.29, 1.82) is 0 Å². The monoisotopic (exact) mass is 614 g/mol. The lowest BCUT2D eigenvalue weighted by Gasteiger charge is -2.27. The third-order valence-electron chi connectivity index (χ3n) is 9.87. The largest absolute Gasteiger partial charge is 0.337 e. The molecule has 10 rings (SSSR count). The van der Waals surface area contributed by atoms with Crippen LogP contribution in [0.1, 0.15) is 5.56 Å². The van der Waals surface area contributed by atoms with Crippen LogP contribution in [0.15, 0.2) is 165 Å². The maximum Gasteiger partial charge on any atom is 0.0645 e. The summed E-state index contributed by atoms with van der Waals surface area (Å²) in [4.78, 5) is 6.98. The van der Waals surface area contributed by atoms with Crippen LogP contribution in [0.4, 0.5) is 11.4 Å². The Morgan fingerprint density at radius 2 is 1.21 bits per heavy atom. The molecule has 0 radical (unpaired) electrons. The van der Waals surface area contributed by atoms with Crippen LogP contribution in [0.2, 0.25) is 0 Å². The molecular formula is C44H30N4. The Kier molecular flexibility index (Phi) is 5.75. The number of para-hydroxylation sites is 3. The van der Waals surface area contributed by atoms with Crippen LogP contribution < -0.4 is 4.90 Å². The number of allylic oxidation sites excluding steroid dienone is 4. The molecule has 4 heterocycles. The topological polar surface area (TPSA) is 26.0 Å². The van der Waals surface area contributed by atoms with E-state index in [-0.39, 0.29) is 0 Å². The molecule has 0 saturated carbocycles. The highest BCUT2D eigenvalue weighted by Gasteiger charge is 2.23. The van der Waals surface area contributed by atoms with E-state index in [2.05, 4.69) is 165 Å². The third kappa shape index (κ3) is 3.86. The summed E-state index contributed by atoms with van der Waals surface area (Å²) in [5.74, 6) is 0. The number of aromatic nitrogens is 3. The predicted molar refractivity (Wildman–Crippen MR) is 202 cm³/mol. The highest BCUT2D eigenvalue weighted by Crippen LogP contribution is 2.44. The molecule has 226 valence electrons. The van der Waals surface area contributed by atoms with Crippen molar-refractivity contribution in [2.75, 3.05) is 11.4 Å². The van der Waals surface area contributed by atoms with Crippen LogP contribution in [0.3, 0.4) is 0 Å². The molecule has 0 aliphatic carbocycles. The standard InChI is InChI=1S/C44H30N4/c1-29-12-3-2-10-23-46(38-17-7-4-14-35(29)38)33-24-30-20-21-31-25-34(48-39-18-8-5-15-36(39)37-16-6-9-19-40(37)48)27-42-44(31)43(30)41(26-33)47(42)32-13-11-22-45-28-32/h2-22,24-28H,1,23H2/b10-2-,12-3-. The van der Waals surface area contributed by atoms with E-state index in [1.165, 1.54) is 43.4 Å². The summed E-state index contributed by atoms with van der Waals surface area (Å²) in [5.41, 5.74) is 11.3. The van der Waals surface area contributed by atoms with Crippen LogP contribution >= 0.6 is 0 Å². The third-order valence-corrected chi connectivity index (χ3v) is 9.87. The predicted octanol–water partition coefficient (Wildman–Crippen LogP) is 11.1. The zero-order valence-corrected chi connectivity index (χ0v) is 26.2. The number of anilines is 2. The lowest BCUT2D eigenvalue weighted by atomic mass is 10.00. The minimum Gasteiger partial charge on any atom is -0.337 e. The first kappa shape index (κ1) is 26.8. The summed E-state index contributed by atoms with van der Waals surface area (Å²) >= 11 is 0. The molecule has 0 saturated heterocycles. The fourth-order valence-electron chi connectivity index (χ4n) is 7.82. The molecule has 0 bridgehead atoms. The Morgan fingerprint density at radius 1 is 0.562 bits per heavy atom. The van der Waals surface area contributed by atoms with Gasteiger partial charge in [0.1, 0.15) is 0 Å². The molecule has 0 unspecified atom stereocenters. The van der Waals surface area contributed by atoms with Crippen molar-refractivity contribution >= 4 is 71.3 Å².